The van der Waals surface area contributed by atoms with E-state index < -0.39 is 76.5 Å². The Labute approximate surface area is 308 Å². The molecule has 0 aliphatic carbocycles. The van der Waals surface area contributed by atoms with E-state index in [1.807, 2.05) is 0 Å². The van der Waals surface area contributed by atoms with E-state index in [0.717, 1.165) is 48.5 Å². The number of hydrogen-bond donors (Lipinski definition) is 3. The molecule has 0 radical (unpaired) electrons. The number of rotatable bonds is 18. The molecule has 0 spiro atoms. The van der Waals surface area contributed by atoms with Crippen molar-refractivity contribution < 1.29 is 33.7 Å². The van der Waals surface area contributed by atoms with E-state index in [1.165, 1.54) is 48.5 Å². The molecule has 0 saturated carbocycles. The predicted octanol–water partition coefficient (Wildman–Crippen LogP) is 3.82. The van der Waals surface area contributed by atoms with Crippen LogP contribution in [0.3, 0.4) is 0 Å². The zero-order valence-corrected chi connectivity index (χ0v) is 32.9. The lowest BCUT2D eigenvalue weighted by molar-refractivity contribution is 0.401. The average Bonchev–Trinajstić information content (AvgIpc) is 3.09. The number of hydrogen-bond acceptors (Lipinski definition) is 11. The minimum Gasteiger partial charge on any atom is -0.330 e. The van der Waals surface area contributed by atoms with Gasteiger partial charge in [-0.15, -0.1) is 0 Å². The summed E-state index contributed by atoms with van der Waals surface area (Å²) in [5.74, 6) is 0. The summed E-state index contributed by atoms with van der Waals surface area (Å²) >= 11 is 0. The largest absolute Gasteiger partial charge is 0.330 e. The van der Waals surface area contributed by atoms with E-state index in [0.29, 0.717) is 48.3 Å². The molecule has 0 aliphatic rings. The molecule has 0 heterocycles. The molecule has 12 nitrogen and oxygen atoms in total. The van der Waals surface area contributed by atoms with Crippen molar-refractivity contribution in [2.45, 2.75) is 64.3 Å². The van der Waals surface area contributed by atoms with Crippen LogP contribution in [-0.4, -0.2) is 74.3 Å². The Kier molecular flexibility index (Phi) is 13.2. The lowest BCUT2D eigenvalue weighted by Crippen LogP contribution is -2.64. The summed E-state index contributed by atoms with van der Waals surface area (Å²) in [7, 11) is -22.0. The molecule has 4 N–H and O–H groups in total. The first-order valence-electron chi connectivity index (χ1n) is 16.6. The lowest BCUT2D eigenvalue weighted by atomic mass is 10.2. The second-order valence-corrected chi connectivity index (χ2v) is 20.9. The fraction of sp³-hybridized carbons (Fsp3) is 0.333. The molecule has 0 amide bonds. The Bertz CT molecular complexity index is 2110. The van der Waals surface area contributed by atoms with Crippen LogP contribution in [0.15, 0.2) is 117 Å². The summed E-state index contributed by atoms with van der Waals surface area (Å²) in [6, 6.07) is 20.4. The molecular weight excluding hydrogens is 745 g/mol. The Hall–Kier alpha value is -3.48. The highest BCUT2D eigenvalue weighted by molar-refractivity contribution is 8.14. The molecule has 0 unspecified atom stereocenters. The number of nitrogens with two attached hydrogens (primary N) is 1. The van der Waals surface area contributed by atoms with Crippen molar-refractivity contribution >= 4 is 39.7 Å². The van der Waals surface area contributed by atoms with Crippen molar-refractivity contribution in [2.24, 2.45) is 5.73 Å². The smallest absolute Gasteiger partial charge is 0.263 e. The highest BCUT2D eigenvalue weighted by Crippen LogP contribution is 2.47. The lowest BCUT2D eigenvalue weighted by Gasteiger charge is -2.40. The van der Waals surface area contributed by atoms with E-state index >= 15 is 33.7 Å². The summed E-state index contributed by atoms with van der Waals surface area (Å²) in [5, 5.41) is 6.15. The third-order valence-electron chi connectivity index (χ3n) is 8.51. The zero-order valence-electron chi connectivity index (χ0n) is 29.6. The Morgan fingerprint density at radius 1 is 0.481 bits per heavy atom. The third kappa shape index (κ3) is 8.34. The molecule has 4 aromatic carbocycles. The van der Waals surface area contributed by atoms with E-state index in [-0.39, 0.29) is 10.3 Å². The van der Waals surface area contributed by atoms with Gasteiger partial charge in [-0.05, 0) is 106 Å². The zero-order chi connectivity index (χ0) is 38.4. The minimum absolute atomic E-state index is 0.214. The van der Waals surface area contributed by atoms with Crippen LogP contribution in [0.2, 0.25) is 0 Å². The average molecular weight is 791 g/mol. The molecule has 0 fully saturated rings. The summed E-state index contributed by atoms with van der Waals surface area (Å²) in [6.45, 7) is 7.99. The quantitative estimate of drug-likeness (QED) is 0.124. The monoisotopic (exact) mass is 790 g/mol. The second-order valence-electron chi connectivity index (χ2n) is 12.6. The van der Waals surface area contributed by atoms with E-state index in [1.54, 1.807) is 27.7 Å². The molecule has 4 aromatic rings. The Morgan fingerprint density at radius 3 is 1.12 bits per heavy atom. The molecule has 0 aromatic heterocycles. The maximum atomic E-state index is 15.4. The molecule has 282 valence electrons. The second kappa shape index (κ2) is 16.7. The van der Waals surface area contributed by atoms with E-state index in [4.69, 9.17) is 5.73 Å². The van der Waals surface area contributed by atoms with Gasteiger partial charge in [-0.3, -0.25) is 0 Å². The number of sulfonamides is 2. The number of nitrogens with one attached hydrogen (secondary N) is 2. The number of nitrogens with zero attached hydrogens (tertiary/aromatic N) is 1. The third-order valence-corrected chi connectivity index (χ3v) is 18.9. The van der Waals surface area contributed by atoms with E-state index in [2.05, 4.69) is 10.6 Å². The summed E-state index contributed by atoms with van der Waals surface area (Å²) in [5.41, 5.74) is 8.07. The van der Waals surface area contributed by atoms with Crippen molar-refractivity contribution in [1.29, 1.82) is 0 Å². The van der Waals surface area contributed by atoms with E-state index in [9.17, 15) is 0 Å². The first kappa shape index (κ1) is 41.3. The van der Waals surface area contributed by atoms with Crippen LogP contribution >= 0.6 is 0 Å². The first-order valence-corrected chi connectivity index (χ1v) is 22.5. The van der Waals surface area contributed by atoms with Gasteiger partial charge >= 0.3 is 0 Å². The van der Waals surface area contributed by atoms with Crippen molar-refractivity contribution in [3.8, 4) is 0 Å². The van der Waals surface area contributed by atoms with Gasteiger partial charge in [0.05, 0.1) is 19.6 Å². The van der Waals surface area contributed by atoms with Crippen molar-refractivity contribution in [1.82, 2.24) is 14.3 Å². The van der Waals surface area contributed by atoms with Gasteiger partial charge in [-0.2, -0.15) is 0 Å². The predicted molar refractivity (Wildman–Crippen MR) is 202 cm³/mol. The first-order chi connectivity index (χ1) is 24.4. The molecule has 0 saturated heterocycles. The standard InChI is InChI=1S/C36H46N4O8S4/c1-28-6-14-32(15-7-28)49(41,42)36(22-25-39-27-26-38-24-5-23-37,50(43,44)33-16-8-29(2)9-17-33)40(51(45,46)34-18-10-30(3)11-19-34)52(47,48)35-20-12-31(4)13-21-35/h6-21,38-39H,5,22-27,37H2,1-4H3. The minimum atomic E-state index is -5.51. The van der Waals surface area contributed by atoms with Gasteiger partial charge in [0, 0.05) is 19.5 Å². The van der Waals surface area contributed by atoms with Crippen LogP contribution in [0.5, 0.6) is 0 Å². The molecule has 16 heteroatoms. The number of sulfone groups is 2. The van der Waals surface area contributed by atoms with Crippen molar-refractivity contribution in [3.05, 3.63) is 119 Å². The van der Waals surface area contributed by atoms with Crippen LogP contribution in [0.4, 0.5) is 0 Å². The molecule has 0 aliphatic heterocycles. The Morgan fingerprint density at radius 2 is 0.788 bits per heavy atom. The number of benzene rings is 4. The maximum Gasteiger partial charge on any atom is 0.263 e. The molecule has 0 bridgehead atoms. The topological polar surface area (TPSA) is 190 Å². The van der Waals surface area contributed by atoms with Crippen LogP contribution in [0.25, 0.3) is 0 Å². The van der Waals surface area contributed by atoms with Gasteiger partial charge in [0.25, 0.3) is 24.2 Å². The summed E-state index contributed by atoms with van der Waals surface area (Å²) in [4.78, 5) is -2.40. The van der Waals surface area contributed by atoms with Crippen LogP contribution < -0.4 is 16.4 Å². The van der Waals surface area contributed by atoms with Crippen LogP contribution in [-0.2, 0) is 39.7 Å². The molecule has 0 atom stereocenters. The van der Waals surface area contributed by atoms with Crippen LogP contribution in [0, 0.1) is 27.7 Å². The Balaban J connectivity index is 2.16. The fourth-order valence-electron chi connectivity index (χ4n) is 5.51. The number of aryl methyl sites for hydroxylation is 4. The van der Waals surface area contributed by atoms with Gasteiger partial charge in [-0.25, -0.2) is 33.7 Å². The normalized spacial score (nSPS) is 13.0. The SMILES string of the molecule is Cc1ccc(S(=O)(=O)N(C(CCNCCNCCCN)(S(=O)(=O)c2ccc(C)cc2)S(=O)(=O)c2ccc(C)cc2)S(=O)(=O)c2ccc(C)cc2)cc1. The van der Waals surface area contributed by atoms with Gasteiger partial charge in [0.1, 0.15) is 0 Å². The molecule has 52 heavy (non-hydrogen) atoms. The van der Waals surface area contributed by atoms with Crippen LogP contribution in [0.1, 0.15) is 35.1 Å². The summed E-state index contributed by atoms with van der Waals surface area (Å²) in [6.07, 6.45) is -0.312. The summed E-state index contributed by atoms with van der Waals surface area (Å²) < 4.78 is 118. The fourth-order valence-corrected chi connectivity index (χ4v) is 16.3. The van der Waals surface area contributed by atoms with Crippen molar-refractivity contribution in [2.75, 3.05) is 32.7 Å². The highest BCUT2D eigenvalue weighted by atomic mass is 32.3. The highest BCUT2D eigenvalue weighted by Gasteiger charge is 2.68. The molecule has 4 rings (SSSR count). The maximum absolute atomic E-state index is 15.4. The van der Waals surface area contributed by atoms with Gasteiger partial charge < -0.3 is 16.4 Å². The molecular formula is C36H46N4O8S4. The van der Waals surface area contributed by atoms with Gasteiger partial charge in [0.15, 0.2) is 0 Å². The van der Waals surface area contributed by atoms with Crippen molar-refractivity contribution in [3.63, 3.8) is 0 Å². The van der Waals surface area contributed by atoms with Gasteiger partial charge in [-0.1, -0.05) is 70.8 Å². The van der Waals surface area contributed by atoms with Gasteiger partial charge in [0.2, 0.25) is 19.7 Å².